The van der Waals surface area contributed by atoms with Gasteiger partial charge in [0.25, 0.3) is 0 Å². The predicted molar refractivity (Wildman–Crippen MR) is 214 cm³/mol. The van der Waals surface area contributed by atoms with Crippen molar-refractivity contribution in [3.05, 3.63) is 143 Å². The van der Waals surface area contributed by atoms with E-state index in [1.165, 1.54) is 35.4 Å². The number of hydrogen-bond acceptors (Lipinski definition) is 7. The number of halogens is 2. The monoisotopic (exact) mass is 760 g/mol. The van der Waals surface area contributed by atoms with Crippen LogP contribution in [0, 0.1) is 11.6 Å². The average Bonchev–Trinajstić information content (AvgIpc) is 3.11. The van der Waals surface area contributed by atoms with Crippen molar-refractivity contribution in [3.63, 3.8) is 0 Å². The molecule has 0 fully saturated rings. The number of hydrogen-bond donors (Lipinski definition) is 4. The van der Waals surface area contributed by atoms with Gasteiger partial charge in [-0.3, -0.25) is 0 Å². The minimum atomic E-state index is -0.694. The second-order valence-electron chi connectivity index (χ2n) is 15.1. The maximum atomic E-state index is 13.2. The van der Waals surface area contributed by atoms with Gasteiger partial charge in [-0.15, -0.1) is 0 Å². The van der Waals surface area contributed by atoms with Gasteiger partial charge in [0.15, 0.2) is 0 Å². The summed E-state index contributed by atoms with van der Waals surface area (Å²) in [5, 5.41) is 8.84. The highest BCUT2D eigenvalue weighted by molar-refractivity contribution is 5.73. The molecule has 4 rings (SSSR count). The highest BCUT2D eigenvalue weighted by Crippen LogP contribution is 2.14. The number of aldehydes is 1. The van der Waals surface area contributed by atoms with Crippen LogP contribution in [-0.4, -0.2) is 48.3 Å². The number of carbonyl (C=O) groups excluding carboxylic acids is 3. The normalized spacial score (nSPS) is 13.2. The molecule has 9 nitrogen and oxygen atoms in total. The molecule has 0 heterocycles. The van der Waals surface area contributed by atoms with Crippen molar-refractivity contribution in [1.82, 2.24) is 16.0 Å². The van der Waals surface area contributed by atoms with Crippen LogP contribution in [0.3, 0.4) is 0 Å². The van der Waals surface area contributed by atoms with Crippen LogP contribution in [0.15, 0.2) is 109 Å². The third-order valence-corrected chi connectivity index (χ3v) is 7.65. The Bertz CT molecular complexity index is 1690. The fourth-order valence-electron chi connectivity index (χ4n) is 4.96. The molecule has 0 saturated carbocycles. The van der Waals surface area contributed by atoms with Crippen molar-refractivity contribution in [2.24, 2.45) is 5.73 Å². The van der Waals surface area contributed by atoms with E-state index < -0.39 is 29.4 Å². The first kappa shape index (κ1) is 46.0. The summed E-state index contributed by atoms with van der Waals surface area (Å²) in [6.07, 6.45) is 0.403. The predicted octanol–water partition coefficient (Wildman–Crippen LogP) is 8.78. The third-order valence-electron chi connectivity index (χ3n) is 7.65. The molecule has 0 aromatic heterocycles. The molecule has 0 aliphatic rings. The van der Waals surface area contributed by atoms with Crippen LogP contribution in [0.1, 0.15) is 89.7 Å². The second-order valence-corrected chi connectivity index (χ2v) is 15.1. The molecule has 2 amide bonds. The first-order valence-electron chi connectivity index (χ1n) is 18.4. The molecule has 4 aromatic carbocycles. The van der Waals surface area contributed by atoms with Crippen LogP contribution in [-0.2, 0) is 27.1 Å². The molecule has 0 bridgehead atoms. The van der Waals surface area contributed by atoms with Crippen LogP contribution in [0.2, 0.25) is 0 Å². The van der Waals surface area contributed by atoms with E-state index in [0.29, 0.717) is 25.7 Å². The van der Waals surface area contributed by atoms with Gasteiger partial charge in [-0.1, -0.05) is 84.9 Å². The topological polar surface area (TPSA) is 132 Å². The lowest BCUT2D eigenvalue weighted by atomic mass is 10.0. The molecule has 4 aromatic rings. The van der Waals surface area contributed by atoms with E-state index in [-0.39, 0.29) is 29.8 Å². The zero-order valence-corrected chi connectivity index (χ0v) is 33.3. The number of rotatable bonds is 12. The Kier molecular flexibility index (Phi) is 19.2. The zero-order chi connectivity index (χ0) is 41.0. The Balaban J connectivity index is 0.000000322. The van der Waals surface area contributed by atoms with E-state index in [1.54, 1.807) is 45.0 Å². The number of benzene rings is 4. The number of carbonyl (C=O) groups is 3. The molecule has 0 aliphatic heterocycles. The van der Waals surface area contributed by atoms with Crippen molar-refractivity contribution in [1.29, 1.82) is 0 Å². The van der Waals surface area contributed by atoms with Gasteiger partial charge in [-0.05, 0) is 115 Å². The molecule has 0 spiro atoms. The Hall–Kier alpha value is -5.13. The highest BCUT2D eigenvalue weighted by Gasteiger charge is 2.21. The van der Waals surface area contributed by atoms with E-state index in [2.05, 4.69) is 35.0 Å². The standard InChI is InChI=1S/C22H29FN2O2.C14H18FNO3.C8H11N/c1-16(18-8-6-5-7-9-18)24-15-20(25-21(26)27-22(2,3)4)14-17-10-12-19(23)13-11-17;1-14(2,3)19-13(18)16-12(9-17)8-10-4-6-11(15)7-5-10;1-7(9)8-5-3-2-4-6-8/h5-13,16,20,24H,14-15H2,1-4H3,(H,25,26);4-7,9,12H,8H2,1-3H3,(H,16,18);2-7H,9H2,1H3/t16-,20+;12-;7-/m101/s1. The van der Waals surface area contributed by atoms with Crippen molar-refractivity contribution < 1.29 is 32.6 Å². The number of alkyl carbamates (subject to hydrolysis) is 2. The lowest BCUT2D eigenvalue weighted by Crippen LogP contribution is -2.45. The molecule has 5 N–H and O–H groups in total. The van der Waals surface area contributed by atoms with Crippen molar-refractivity contribution in [3.8, 4) is 0 Å². The summed E-state index contributed by atoms with van der Waals surface area (Å²) in [6, 6.07) is 31.7. The van der Waals surface area contributed by atoms with Gasteiger partial charge in [0.2, 0.25) is 0 Å². The van der Waals surface area contributed by atoms with Crippen LogP contribution >= 0.6 is 0 Å². The summed E-state index contributed by atoms with van der Waals surface area (Å²) in [5.74, 6) is -0.613. The summed E-state index contributed by atoms with van der Waals surface area (Å²) in [6.45, 7) is 15.3. The van der Waals surface area contributed by atoms with E-state index in [0.717, 1.165) is 11.1 Å². The SMILES string of the molecule is CC(C)(C)OC(=O)N[C@H](C=O)Cc1ccc(F)cc1.C[C@@H](N)c1ccccc1.C[C@@H](NC[C@H](Cc1ccc(F)cc1)NC(=O)OC(C)(C)C)c1ccccc1. The van der Waals surface area contributed by atoms with Gasteiger partial charge in [-0.25, -0.2) is 18.4 Å². The van der Waals surface area contributed by atoms with Crippen LogP contribution in [0.4, 0.5) is 18.4 Å². The van der Waals surface area contributed by atoms with E-state index in [1.807, 2.05) is 76.2 Å². The van der Waals surface area contributed by atoms with Crippen LogP contribution in [0.5, 0.6) is 0 Å². The molecule has 55 heavy (non-hydrogen) atoms. The van der Waals surface area contributed by atoms with E-state index in [4.69, 9.17) is 15.2 Å². The Morgan fingerprint density at radius 2 is 1.07 bits per heavy atom. The Labute approximate surface area is 325 Å². The number of nitrogens with two attached hydrogens (primary N) is 1. The number of ether oxygens (including phenoxy) is 2. The van der Waals surface area contributed by atoms with Crippen molar-refractivity contribution in [2.75, 3.05) is 6.54 Å². The summed E-state index contributed by atoms with van der Waals surface area (Å²) < 4.78 is 36.3. The smallest absolute Gasteiger partial charge is 0.408 e. The maximum absolute atomic E-state index is 13.2. The van der Waals surface area contributed by atoms with Crippen molar-refractivity contribution in [2.45, 2.75) is 104 Å². The molecule has 0 aliphatic carbocycles. The second kappa shape index (κ2) is 22.9. The van der Waals surface area contributed by atoms with Gasteiger partial charge in [0, 0.05) is 24.7 Å². The molecule has 298 valence electrons. The summed E-state index contributed by atoms with van der Waals surface area (Å²) in [4.78, 5) is 34.7. The van der Waals surface area contributed by atoms with Gasteiger partial charge in [0.1, 0.15) is 29.1 Å². The minimum absolute atomic E-state index is 0.141. The fraction of sp³-hybridized carbons (Fsp3) is 0.386. The van der Waals surface area contributed by atoms with Gasteiger partial charge >= 0.3 is 12.2 Å². The molecule has 0 unspecified atom stereocenters. The Morgan fingerprint density at radius 1 is 0.655 bits per heavy atom. The summed E-state index contributed by atoms with van der Waals surface area (Å²) >= 11 is 0. The lowest BCUT2D eigenvalue weighted by molar-refractivity contribution is -0.109. The lowest BCUT2D eigenvalue weighted by Gasteiger charge is -2.25. The van der Waals surface area contributed by atoms with E-state index >= 15 is 0 Å². The van der Waals surface area contributed by atoms with Gasteiger partial charge in [0.05, 0.1) is 6.04 Å². The molecular weight excluding hydrogens is 703 g/mol. The average molecular weight is 761 g/mol. The molecule has 11 heteroatoms. The van der Waals surface area contributed by atoms with E-state index in [9.17, 15) is 23.2 Å². The maximum Gasteiger partial charge on any atom is 0.408 e. The zero-order valence-electron chi connectivity index (χ0n) is 33.3. The fourth-order valence-corrected chi connectivity index (χ4v) is 4.96. The molecular formula is C44H58F2N4O5. The molecule has 4 atom stereocenters. The minimum Gasteiger partial charge on any atom is -0.444 e. The first-order valence-corrected chi connectivity index (χ1v) is 18.4. The van der Waals surface area contributed by atoms with Gasteiger partial charge < -0.3 is 36.0 Å². The third kappa shape index (κ3) is 20.8. The van der Waals surface area contributed by atoms with Gasteiger partial charge in [-0.2, -0.15) is 0 Å². The number of amides is 2. The quantitative estimate of drug-likeness (QED) is 0.106. The molecule has 0 saturated heterocycles. The number of nitrogens with one attached hydrogen (secondary N) is 3. The van der Waals surface area contributed by atoms with Crippen LogP contribution < -0.4 is 21.7 Å². The summed E-state index contributed by atoms with van der Waals surface area (Å²) in [5.41, 5.74) is 8.51. The summed E-state index contributed by atoms with van der Waals surface area (Å²) in [7, 11) is 0. The molecule has 0 radical (unpaired) electrons. The Morgan fingerprint density at radius 3 is 1.47 bits per heavy atom. The van der Waals surface area contributed by atoms with Crippen LogP contribution in [0.25, 0.3) is 0 Å². The first-order chi connectivity index (χ1) is 25.8. The highest BCUT2D eigenvalue weighted by atomic mass is 19.1. The largest absolute Gasteiger partial charge is 0.444 e. The van der Waals surface area contributed by atoms with Crippen molar-refractivity contribution >= 4 is 18.5 Å².